The molecule has 11 heavy (non-hydrogen) atoms. The lowest BCUT2D eigenvalue weighted by Crippen LogP contribution is -2.10. The Kier molecular flexibility index (Phi) is 1.31. The fourth-order valence-electron chi connectivity index (χ4n) is 2.52. The number of allylic oxidation sites excluding steroid dienone is 1. The van der Waals surface area contributed by atoms with Crippen molar-refractivity contribution in [1.82, 2.24) is 0 Å². The smallest absolute Gasteiger partial charge is 0.331 e. The van der Waals surface area contributed by atoms with Crippen molar-refractivity contribution in [1.29, 1.82) is 0 Å². The Morgan fingerprint density at radius 3 is 2.45 bits per heavy atom. The van der Waals surface area contributed by atoms with Crippen LogP contribution in [0.2, 0.25) is 0 Å². The second-order valence-corrected chi connectivity index (χ2v) is 3.61. The molecule has 0 aromatic rings. The number of rotatable bonds is 1. The van der Waals surface area contributed by atoms with Crippen molar-refractivity contribution in [3.8, 4) is 0 Å². The monoisotopic (exact) mass is 152 g/mol. The molecule has 2 bridgehead atoms. The summed E-state index contributed by atoms with van der Waals surface area (Å²) in [6.07, 6.45) is 3.42. The van der Waals surface area contributed by atoms with Crippen molar-refractivity contribution in [2.24, 2.45) is 11.8 Å². The molecule has 0 spiro atoms. The highest BCUT2D eigenvalue weighted by molar-refractivity contribution is 5.89. The molecule has 0 amide bonds. The molecule has 2 aliphatic rings. The highest BCUT2D eigenvalue weighted by atomic mass is 16.4. The second kappa shape index (κ2) is 2.10. The fraction of sp³-hybridized carbons (Fsp3) is 0.667. The van der Waals surface area contributed by atoms with Crippen molar-refractivity contribution in [2.75, 3.05) is 0 Å². The molecule has 0 aliphatic heterocycles. The summed E-state index contributed by atoms with van der Waals surface area (Å²) >= 11 is 0. The van der Waals surface area contributed by atoms with Crippen LogP contribution in [0.25, 0.3) is 0 Å². The maximum atomic E-state index is 10.7. The third kappa shape index (κ3) is 0.817. The first kappa shape index (κ1) is 6.89. The molecule has 2 atom stereocenters. The van der Waals surface area contributed by atoms with E-state index in [1.54, 1.807) is 0 Å². The van der Waals surface area contributed by atoms with Crippen molar-refractivity contribution in [2.45, 2.75) is 26.2 Å². The van der Waals surface area contributed by atoms with E-state index in [9.17, 15) is 4.79 Å². The second-order valence-electron chi connectivity index (χ2n) is 3.61. The Balaban J connectivity index is 2.37. The fourth-order valence-corrected chi connectivity index (χ4v) is 2.52. The average Bonchev–Trinajstić information content (AvgIpc) is 2.44. The summed E-state index contributed by atoms with van der Waals surface area (Å²) in [5.41, 5.74) is 1.87. The van der Waals surface area contributed by atoms with E-state index in [-0.39, 0.29) is 0 Å². The molecule has 0 unspecified atom stereocenters. The SMILES string of the molecule is CC1=C(C(=O)O)[C@@H]2CC[C@H]1C2. The molecule has 0 aromatic heterocycles. The van der Waals surface area contributed by atoms with Crippen LogP contribution >= 0.6 is 0 Å². The Morgan fingerprint density at radius 1 is 1.45 bits per heavy atom. The third-order valence-electron chi connectivity index (χ3n) is 3.11. The zero-order valence-electron chi connectivity index (χ0n) is 6.63. The maximum absolute atomic E-state index is 10.7. The minimum absolute atomic E-state index is 0.387. The zero-order valence-corrected chi connectivity index (χ0v) is 6.63. The summed E-state index contributed by atoms with van der Waals surface area (Å²) in [5.74, 6) is 0.304. The summed E-state index contributed by atoms with van der Waals surface area (Å²) in [7, 11) is 0. The lowest BCUT2D eigenvalue weighted by atomic mass is 9.93. The van der Waals surface area contributed by atoms with Gasteiger partial charge in [0.15, 0.2) is 0 Å². The van der Waals surface area contributed by atoms with Crippen LogP contribution in [0.4, 0.5) is 0 Å². The molecule has 2 nitrogen and oxygen atoms in total. The molecule has 2 rings (SSSR count). The van der Waals surface area contributed by atoms with Crippen LogP contribution in [0.15, 0.2) is 11.1 Å². The standard InChI is InChI=1S/C9H12O2/c1-5-6-2-3-7(4-6)8(5)9(10)11/h6-7H,2-4H2,1H3,(H,10,11)/t6-,7+/m0/s1. The Bertz CT molecular complexity index is 240. The number of hydrogen-bond acceptors (Lipinski definition) is 1. The molecule has 1 fully saturated rings. The van der Waals surface area contributed by atoms with Gasteiger partial charge in [-0.25, -0.2) is 4.79 Å². The van der Waals surface area contributed by atoms with Gasteiger partial charge in [-0.3, -0.25) is 0 Å². The number of carboxylic acid groups (broad SMARTS) is 1. The summed E-state index contributed by atoms with van der Waals surface area (Å²) in [4.78, 5) is 10.7. The van der Waals surface area contributed by atoms with Crippen LogP contribution in [0, 0.1) is 11.8 Å². The van der Waals surface area contributed by atoms with Gasteiger partial charge >= 0.3 is 5.97 Å². The summed E-state index contributed by atoms with van der Waals surface area (Å²) in [5, 5.41) is 8.85. The normalized spacial score (nSPS) is 35.0. The Morgan fingerprint density at radius 2 is 2.09 bits per heavy atom. The molecular formula is C9H12O2. The number of carbonyl (C=O) groups is 1. The molecule has 0 radical (unpaired) electrons. The van der Waals surface area contributed by atoms with Gasteiger partial charge < -0.3 is 5.11 Å². The van der Waals surface area contributed by atoms with Crippen molar-refractivity contribution < 1.29 is 9.90 Å². The van der Waals surface area contributed by atoms with E-state index in [0.29, 0.717) is 11.8 Å². The lowest BCUT2D eigenvalue weighted by Gasteiger charge is -2.12. The van der Waals surface area contributed by atoms with Gasteiger partial charge in [0.1, 0.15) is 0 Å². The van der Waals surface area contributed by atoms with E-state index < -0.39 is 5.97 Å². The first-order valence-corrected chi connectivity index (χ1v) is 4.14. The van der Waals surface area contributed by atoms with Crippen LogP contribution < -0.4 is 0 Å². The minimum Gasteiger partial charge on any atom is -0.478 e. The predicted molar refractivity (Wildman–Crippen MR) is 41.2 cm³/mol. The van der Waals surface area contributed by atoms with Gasteiger partial charge in [0.25, 0.3) is 0 Å². The number of fused-ring (bicyclic) bond motifs is 2. The number of aliphatic carboxylic acids is 1. The van der Waals surface area contributed by atoms with Gasteiger partial charge in [-0.1, -0.05) is 5.57 Å². The predicted octanol–water partition coefficient (Wildman–Crippen LogP) is 1.82. The lowest BCUT2D eigenvalue weighted by molar-refractivity contribution is -0.133. The van der Waals surface area contributed by atoms with Gasteiger partial charge in [-0.15, -0.1) is 0 Å². The van der Waals surface area contributed by atoms with E-state index in [1.165, 1.54) is 6.42 Å². The van der Waals surface area contributed by atoms with Crippen molar-refractivity contribution >= 4 is 5.97 Å². The molecule has 60 valence electrons. The third-order valence-corrected chi connectivity index (χ3v) is 3.11. The average molecular weight is 152 g/mol. The molecule has 0 saturated heterocycles. The number of carboxylic acids is 1. The van der Waals surface area contributed by atoms with Crippen LogP contribution in [0.3, 0.4) is 0 Å². The highest BCUT2D eigenvalue weighted by Gasteiger charge is 2.39. The largest absolute Gasteiger partial charge is 0.478 e. The minimum atomic E-state index is -0.685. The van der Waals surface area contributed by atoms with E-state index >= 15 is 0 Å². The quantitative estimate of drug-likeness (QED) is 0.622. The molecule has 0 heterocycles. The zero-order chi connectivity index (χ0) is 8.01. The van der Waals surface area contributed by atoms with Crippen LogP contribution in [0.1, 0.15) is 26.2 Å². The van der Waals surface area contributed by atoms with Crippen molar-refractivity contribution in [3.63, 3.8) is 0 Å². The van der Waals surface area contributed by atoms with Gasteiger partial charge in [-0.2, -0.15) is 0 Å². The van der Waals surface area contributed by atoms with E-state index in [4.69, 9.17) is 5.11 Å². The van der Waals surface area contributed by atoms with Gasteiger partial charge in [0.05, 0.1) is 0 Å². The molecule has 1 N–H and O–H groups in total. The first-order valence-electron chi connectivity index (χ1n) is 4.14. The van der Waals surface area contributed by atoms with Crippen LogP contribution in [0.5, 0.6) is 0 Å². The van der Waals surface area contributed by atoms with Crippen molar-refractivity contribution in [3.05, 3.63) is 11.1 Å². The molecule has 2 aliphatic carbocycles. The Hall–Kier alpha value is -0.790. The topological polar surface area (TPSA) is 37.3 Å². The van der Waals surface area contributed by atoms with E-state index in [0.717, 1.165) is 24.0 Å². The summed E-state index contributed by atoms with van der Waals surface area (Å²) in [6, 6.07) is 0. The van der Waals surface area contributed by atoms with Crippen LogP contribution in [-0.2, 0) is 4.79 Å². The molecule has 1 saturated carbocycles. The van der Waals surface area contributed by atoms with Gasteiger partial charge in [0.2, 0.25) is 0 Å². The van der Waals surface area contributed by atoms with Gasteiger partial charge in [-0.05, 0) is 38.0 Å². The van der Waals surface area contributed by atoms with Crippen LogP contribution in [-0.4, -0.2) is 11.1 Å². The molecular weight excluding hydrogens is 140 g/mol. The first-order chi connectivity index (χ1) is 5.20. The Labute approximate surface area is 65.9 Å². The number of hydrogen-bond donors (Lipinski definition) is 1. The van der Waals surface area contributed by atoms with E-state index in [2.05, 4.69) is 0 Å². The van der Waals surface area contributed by atoms with E-state index in [1.807, 2.05) is 6.92 Å². The summed E-state index contributed by atoms with van der Waals surface area (Å²) in [6.45, 7) is 1.98. The summed E-state index contributed by atoms with van der Waals surface area (Å²) < 4.78 is 0. The molecule has 0 aromatic carbocycles. The highest BCUT2D eigenvalue weighted by Crippen LogP contribution is 2.48. The maximum Gasteiger partial charge on any atom is 0.331 e. The molecule has 2 heteroatoms. The van der Waals surface area contributed by atoms with Gasteiger partial charge in [0, 0.05) is 5.57 Å².